The first kappa shape index (κ1) is 15.7. The number of ketones is 1. The molecule has 0 spiro atoms. The number of amides is 1. The fourth-order valence-corrected chi connectivity index (χ4v) is 2.97. The lowest BCUT2D eigenvalue weighted by atomic mass is 10.0. The van der Waals surface area contributed by atoms with Crippen LogP contribution in [-0.2, 0) is 9.53 Å². The van der Waals surface area contributed by atoms with E-state index in [0.29, 0.717) is 25.3 Å². The summed E-state index contributed by atoms with van der Waals surface area (Å²) < 4.78 is 5.34. The number of hydrogen-bond donors (Lipinski definition) is 0. The Balaban J connectivity index is 1.62. The first-order valence-electron chi connectivity index (χ1n) is 8.04. The summed E-state index contributed by atoms with van der Waals surface area (Å²) in [4.78, 5) is 26.5. The van der Waals surface area contributed by atoms with Gasteiger partial charge in [0.1, 0.15) is 0 Å². The largest absolute Gasteiger partial charge is 0.377 e. The molecule has 1 aliphatic heterocycles. The predicted molar refractivity (Wildman–Crippen MR) is 89.5 cm³/mol. The monoisotopic (exact) mass is 311 g/mol. The van der Waals surface area contributed by atoms with Gasteiger partial charge < -0.3 is 9.64 Å². The Labute approximate surface area is 136 Å². The third-order valence-corrected chi connectivity index (χ3v) is 4.33. The molecule has 0 unspecified atom stereocenters. The summed E-state index contributed by atoms with van der Waals surface area (Å²) in [6, 6.07) is 13.7. The second-order valence-corrected chi connectivity index (χ2v) is 6.00. The van der Waals surface area contributed by atoms with Gasteiger partial charge in [0.05, 0.1) is 19.3 Å². The van der Waals surface area contributed by atoms with Gasteiger partial charge in [0.2, 0.25) is 5.91 Å². The maximum absolute atomic E-state index is 12.4. The van der Waals surface area contributed by atoms with Gasteiger partial charge in [0.25, 0.3) is 0 Å². The van der Waals surface area contributed by atoms with Crippen LogP contribution in [0.2, 0.25) is 0 Å². The van der Waals surface area contributed by atoms with E-state index < -0.39 is 0 Å². The van der Waals surface area contributed by atoms with Crippen molar-refractivity contribution in [2.45, 2.75) is 25.8 Å². The minimum Gasteiger partial charge on any atom is -0.377 e. The summed E-state index contributed by atoms with van der Waals surface area (Å²) in [5, 5.41) is 2.16. The van der Waals surface area contributed by atoms with Gasteiger partial charge in [-0.15, -0.1) is 0 Å². The van der Waals surface area contributed by atoms with Crippen molar-refractivity contribution in [2.75, 3.05) is 19.8 Å². The highest BCUT2D eigenvalue weighted by Crippen LogP contribution is 2.18. The number of rotatable bonds is 4. The molecule has 2 aromatic carbocycles. The number of nitrogens with zero attached hydrogens (tertiary/aromatic N) is 1. The molecule has 1 amide bonds. The molecule has 0 bridgehead atoms. The van der Waals surface area contributed by atoms with Crippen LogP contribution in [0.4, 0.5) is 0 Å². The Morgan fingerprint density at radius 3 is 2.70 bits per heavy atom. The topological polar surface area (TPSA) is 46.6 Å². The molecule has 1 atom stereocenters. The summed E-state index contributed by atoms with van der Waals surface area (Å²) in [6.07, 6.45) is 0.511. The van der Waals surface area contributed by atoms with Crippen LogP contribution in [0, 0.1) is 0 Å². The Morgan fingerprint density at radius 1 is 1.13 bits per heavy atom. The van der Waals surface area contributed by atoms with Crippen LogP contribution < -0.4 is 0 Å². The first-order chi connectivity index (χ1) is 11.1. The van der Waals surface area contributed by atoms with Gasteiger partial charge in [-0.2, -0.15) is 0 Å². The first-order valence-corrected chi connectivity index (χ1v) is 8.04. The van der Waals surface area contributed by atoms with Crippen LogP contribution in [0.25, 0.3) is 10.8 Å². The maximum atomic E-state index is 12.4. The number of morpholine rings is 1. The second-order valence-electron chi connectivity index (χ2n) is 6.00. The van der Waals surface area contributed by atoms with Gasteiger partial charge in [-0.25, -0.2) is 0 Å². The minimum absolute atomic E-state index is 0.0185. The van der Waals surface area contributed by atoms with E-state index in [1.54, 1.807) is 0 Å². The van der Waals surface area contributed by atoms with Crippen molar-refractivity contribution >= 4 is 22.5 Å². The molecule has 0 aromatic heterocycles. The summed E-state index contributed by atoms with van der Waals surface area (Å²) in [6.45, 7) is 3.74. The van der Waals surface area contributed by atoms with Crippen LogP contribution >= 0.6 is 0 Å². The number of ether oxygens (including phenoxy) is 1. The van der Waals surface area contributed by atoms with Gasteiger partial charge in [0, 0.05) is 24.9 Å². The van der Waals surface area contributed by atoms with E-state index in [4.69, 9.17) is 4.74 Å². The molecule has 3 rings (SSSR count). The number of carbonyl (C=O) groups excluding carboxylic acids is 2. The van der Waals surface area contributed by atoms with Crippen LogP contribution in [0.5, 0.6) is 0 Å². The predicted octanol–water partition coefficient (Wildman–Crippen LogP) is 3.05. The van der Waals surface area contributed by atoms with Gasteiger partial charge in [-0.1, -0.05) is 36.4 Å². The van der Waals surface area contributed by atoms with E-state index in [0.717, 1.165) is 10.8 Å². The second kappa shape index (κ2) is 6.92. The third kappa shape index (κ3) is 3.59. The molecule has 2 aromatic rings. The van der Waals surface area contributed by atoms with E-state index in [9.17, 15) is 9.59 Å². The minimum atomic E-state index is 0.0185. The zero-order valence-electron chi connectivity index (χ0n) is 13.3. The van der Waals surface area contributed by atoms with E-state index >= 15 is 0 Å². The average Bonchev–Trinajstić information content (AvgIpc) is 2.59. The van der Waals surface area contributed by atoms with Gasteiger partial charge in [0.15, 0.2) is 5.78 Å². The lowest BCUT2D eigenvalue weighted by Gasteiger charge is -2.33. The van der Waals surface area contributed by atoms with Crippen molar-refractivity contribution in [2.24, 2.45) is 0 Å². The molecular weight excluding hydrogens is 290 g/mol. The van der Waals surface area contributed by atoms with Gasteiger partial charge in [-0.05, 0) is 23.8 Å². The highest BCUT2D eigenvalue weighted by molar-refractivity contribution is 6.01. The van der Waals surface area contributed by atoms with E-state index in [-0.39, 0.29) is 30.6 Å². The number of benzene rings is 2. The summed E-state index contributed by atoms with van der Waals surface area (Å²) in [5.74, 6) is 0.0555. The highest BCUT2D eigenvalue weighted by Gasteiger charge is 2.24. The maximum Gasteiger partial charge on any atom is 0.223 e. The SMILES string of the molecule is C[C@@H]1COCCN1C(=O)CCC(=O)c1ccc2ccccc2c1. The fourth-order valence-electron chi connectivity index (χ4n) is 2.97. The summed E-state index contributed by atoms with van der Waals surface area (Å²) in [5.41, 5.74) is 0.673. The molecule has 1 fully saturated rings. The van der Waals surface area contributed by atoms with Crippen molar-refractivity contribution in [3.05, 3.63) is 48.0 Å². The third-order valence-electron chi connectivity index (χ3n) is 4.33. The van der Waals surface area contributed by atoms with E-state index in [1.165, 1.54) is 0 Å². The molecule has 4 heteroatoms. The molecule has 0 aliphatic carbocycles. The van der Waals surface area contributed by atoms with Crippen molar-refractivity contribution in [1.82, 2.24) is 4.90 Å². The zero-order chi connectivity index (χ0) is 16.2. The molecule has 0 N–H and O–H groups in total. The van der Waals surface area contributed by atoms with E-state index in [2.05, 4.69) is 0 Å². The smallest absolute Gasteiger partial charge is 0.223 e. The standard InChI is InChI=1S/C19H21NO3/c1-14-13-23-11-10-20(14)19(22)9-8-18(21)17-7-6-15-4-2-3-5-16(15)12-17/h2-7,12,14H,8-11,13H2,1H3/t14-/m1/s1. The molecule has 4 nitrogen and oxygen atoms in total. The lowest BCUT2D eigenvalue weighted by Crippen LogP contribution is -2.47. The Hall–Kier alpha value is -2.20. The van der Waals surface area contributed by atoms with Crippen molar-refractivity contribution in [3.63, 3.8) is 0 Å². The summed E-state index contributed by atoms with van der Waals surface area (Å²) >= 11 is 0. The number of fused-ring (bicyclic) bond motifs is 1. The molecule has 0 radical (unpaired) electrons. The molecule has 1 heterocycles. The number of carbonyl (C=O) groups is 2. The Bertz CT molecular complexity index is 725. The van der Waals surface area contributed by atoms with Crippen molar-refractivity contribution < 1.29 is 14.3 Å². The Morgan fingerprint density at radius 2 is 1.91 bits per heavy atom. The molecule has 0 saturated carbocycles. The summed E-state index contributed by atoms with van der Waals surface area (Å²) in [7, 11) is 0. The number of hydrogen-bond acceptors (Lipinski definition) is 3. The quantitative estimate of drug-likeness (QED) is 0.815. The van der Waals surface area contributed by atoms with Crippen molar-refractivity contribution in [3.8, 4) is 0 Å². The lowest BCUT2D eigenvalue weighted by molar-refractivity contribution is -0.139. The van der Waals surface area contributed by atoms with Crippen LogP contribution in [0.15, 0.2) is 42.5 Å². The normalized spacial score (nSPS) is 18.1. The molecule has 1 aliphatic rings. The van der Waals surface area contributed by atoms with Crippen LogP contribution in [-0.4, -0.2) is 42.4 Å². The zero-order valence-corrected chi connectivity index (χ0v) is 13.3. The highest BCUT2D eigenvalue weighted by atomic mass is 16.5. The molecule has 1 saturated heterocycles. The average molecular weight is 311 g/mol. The molecule has 120 valence electrons. The van der Waals surface area contributed by atoms with Gasteiger partial charge in [-0.3, -0.25) is 9.59 Å². The van der Waals surface area contributed by atoms with E-state index in [1.807, 2.05) is 54.3 Å². The van der Waals surface area contributed by atoms with Crippen LogP contribution in [0.3, 0.4) is 0 Å². The number of Topliss-reactive ketones (excluding diaryl/α,β-unsaturated/α-hetero) is 1. The fraction of sp³-hybridized carbons (Fsp3) is 0.368. The van der Waals surface area contributed by atoms with Crippen molar-refractivity contribution in [1.29, 1.82) is 0 Å². The molecular formula is C19H21NO3. The van der Waals surface area contributed by atoms with Gasteiger partial charge >= 0.3 is 0 Å². The van der Waals surface area contributed by atoms with Crippen LogP contribution in [0.1, 0.15) is 30.1 Å². The molecule has 23 heavy (non-hydrogen) atoms. The Kier molecular flexibility index (Phi) is 4.72.